The van der Waals surface area contributed by atoms with Gasteiger partial charge in [0.25, 0.3) is 0 Å². The molecule has 5 heteroatoms. The van der Waals surface area contributed by atoms with Crippen molar-refractivity contribution >= 4 is 5.69 Å². The number of nitriles is 1. The van der Waals surface area contributed by atoms with Gasteiger partial charge in [-0.05, 0) is 30.7 Å². The Morgan fingerprint density at radius 1 is 1.39 bits per heavy atom. The van der Waals surface area contributed by atoms with Gasteiger partial charge in [-0.2, -0.15) is 5.26 Å². The molecule has 0 fully saturated rings. The zero-order valence-corrected chi connectivity index (χ0v) is 9.64. The van der Waals surface area contributed by atoms with Gasteiger partial charge in [-0.15, -0.1) is 0 Å². The SMILES string of the molecule is Cc1cc(Oc2ccc(F)cc2C#N)ncc1N. The van der Waals surface area contributed by atoms with Crippen molar-refractivity contribution in [1.82, 2.24) is 4.98 Å². The smallest absolute Gasteiger partial charge is 0.219 e. The summed E-state index contributed by atoms with van der Waals surface area (Å²) in [7, 11) is 0. The van der Waals surface area contributed by atoms with Gasteiger partial charge in [0.05, 0.1) is 17.4 Å². The number of ether oxygens (including phenoxy) is 1. The lowest BCUT2D eigenvalue weighted by molar-refractivity contribution is 0.459. The van der Waals surface area contributed by atoms with E-state index in [1.54, 1.807) is 6.07 Å². The summed E-state index contributed by atoms with van der Waals surface area (Å²) in [6.07, 6.45) is 1.47. The maximum absolute atomic E-state index is 13.0. The van der Waals surface area contributed by atoms with Crippen molar-refractivity contribution in [2.45, 2.75) is 6.92 Å². The molecule has 2 N–H and O–H groups in total. The predicted octanol–water partition coefficient (Wildman–Crippen LogP) is 2.78. The van der Waals surface area contributed by atoms with Gasteiger partial charge in [-0.3, -0.25) is 0 Å². The van der Waals surface area contributed by atoms with Crippen LogP contribution in [0.25, 0.3) is 0 Å². The van der Waals surface area contributed by atoms with Crippen LogP contribution < -0.4 is 10.5 Å². The van der Waals surface area contributed by atoms with Crippen LogP contribution in [0.2, 0.25) is 0 Å². The predicted molar refractivity (Wildman–Crippen MR) is 64.6 cm³/mol. The summed E-state index contributed by atoms with van der Waals surface area (Å²) < 4.78 is 18.4. The van der Waals surface area contributed by atoms with E-state index >= 15 is 0 Å². The van der Waals surface area contributed by atoms with E-state index in [0.717, 1.165) is 11.6 Å². The molecule has 0 saturated heterocycles. The van der Waals surface area contributed by atoms with Gasteiger partial charge in [-0.1, -0.05) is 0 Å². The van der Waals surface area contributed by atoms with E-state index < -0.39 is 5.82 Å². The Hall–Kier alpha value is -2.61. The van der Waals surface area contributed by atoms with Crippen LogP contribution in [0.3, 0.4) is 0 Å². The molecule has 0 aliphatic heterocycles. The fourth-order valence-electron chi connectivity index (χ4n) is 1.39. The van der Waals surface area contributed by atoms with Gasteiger partial charge in [0.1, 0.15) is 17.6 Å². The molecule has 0 spiro atoms. The van der Waals surface area contributed by atoms with Crippen LogP contribution in [0, 0.1) is 24.1 Å². The quantitative estimate of drug-likeness (QED) is 0.880. The zero-order chi connectivity index (χ0) is 13.1. The van der Waals surface area contributed by atoms with Crippen molar-refractivity contribution in [3.63, 3.8) is 0 Å². The van der Waals surface area contributed by atoms with E-state index in [-0.39, 0.29) is 11.3 Å². The third kappa shape index (κ3) is 2.38. The summed E-state index contributed by atoms with van der Waals surface area (Å²) in [5, 5.41) is 8.88. The molecule has 0 bridgehead atoms. The Balaban J connectivity index is 2.34. The summed E-state index contributed by atoms with van der Waals surface area (Å²) in [4.78, 5) is 3.98. The average Bonchev–Trinajstić information content (AvgIpc) is 2.36. The number of pyridine rings is 1. The Labute approximate surface area is 103 Å². The number of nitrogen functional groups attached to an aromatic ring is 1. The molecule has 0 aliphatic carbocycles. The maximum Gasteiger partial charge on any atom is 0.219 e. The largest absolute Gasteiger partial charge is 0.438 e. The van der Waals surface area contributed by atoms with Crippen molar-refractivity contribution in [3.05, 3.63) is 47.4 Å². The molecule has 0 radical (unpaired) electrons. The van der Waals surface area contributed by atoms with Crippen LogP contribution in [-0.4, -0.2) is 4.98 Å². The van der Waals surface area contributed by atoms with Crippen molar-refractivity contribution < 1.29 is 9.13 Å². The molecule has 1 aromatic heterocycles. The fraction of sp³-hybridized carbons (Fsp3) is 0.0769. The minimum atomic E-state index is -0.486. The summed E-state index contributed by atoms with van der Waals surface area (Å²) in [6.45, 7) is 1.82. The third-order valence-electron chi connectivity index (χ3n) is 2.40. The molecule has 2 rings (SSSR count). The first-order chi connectivity index (χ1) is 8.60. The topological polar surface area (TPSA) is 71.9 Å². The maximum atomic E-state index is 13.0. The van der Waals surface area contributed by atoms with Gasteiger partial charge in [0.2, 0.25) is 5.88 Å². The number of rotatable bonds is 2. The summed E-state index contributed by atoms with van der Waals surface area (Å²) >= 11 is 0. The molecule has 2 aromatic rings. The number of aromatic nitrogens is 1. The highest BCUT2D eigenvalue weighted by Crippen LogP contribution is 2.25. The number of nitrogens with zero attached hydrogens (tertiary/aromatic N) is 2. The van der Waals surface area contributed by atoms with E-state index in [2.05, 4.69) is 4.98 Å². The van der Waals surface area contributed by atoms with E-state index in [1.165, 1.54) is 18.3 Å². The lowest BCUT2D eigenvalue weighted by atomic mass is 10.2. The van der Waals surface area contributed by atoms with Crippen molar-refractivity contribution in [1.29, 1.82) is 5.26 Å². The molecular weight excluding hydrogens is 233 g/mol. The normalized spacial score (nSPS) is 9.83. The number of halogens is 1. The highest BCUT2D eigenvalue weighted by atomic mass is 19.1. The van der Waals surface area contributed by atoms with Gasteiger partial charge >= 0.3 is 0 Å². The molecule has 4 nitrogen and oxygen atoms in total. The van der Waals surface area contributed by atoms with Crippen molar-refractivity contribution in [2.75, 3.05) is 5.73 Å². The van der Waals surface area contributed by atoms with Gasteiger partial charge in [-0.25, -0.2) is 9.37 Å². The van der Waals surface area contributed by atoms with Crippen LogP contribution in [0.4, 0.5) is 10.1 Å². The number of hydrogen-bond acceptors (Lipinski definition) is 4. The first kappa shape index (κ1) is 11.9. The molecule has 18 heavy (non-hydrogen) atoms. The van der Waals surface area contributed by atoms with Crippen LogP contribution in [0.5, 0.6) is 11.6 Å². The molecule has 1 aromatic carbocycles. The molecular formula is C13H10FN3O. The van der Waals surface area contributed by atoms with Crippen molar-refractivity contribution in [3.8, 4) is 17.7 Å². The minimum Gasteiger partial charge on any atom is -0.438 e. The second-order valence-corrected chi connectivity index (χ2v) is 3.73. The number of aryl methyl sites for hydroxylation is 1. The molecule has 0 unspecified atom stereocenters. The number of hydrogen-bond donors (Lipinski definition) is 1. The molecule has 0 saturated carbocycles. The third-order valence-corrected chi connectivity index (χ3v) is 2.40. The molecule has 1 heterocycles. The van der Waals surface area contributed by atoms with Gasteiger partial charge in [0, 0.05) is 6.07 Å². The molecule has 90 valence electrons. The van der Waals surface area contributed by atoms with E-state index in [9.17, 15) is 4.39 Å². The lowest BCUT2D eigenvalue weighted by Crippen LogP contribution is -1.95. The minimum absolute atomic E-state index is 0.117. The highest BCUT2D eigenvalue weighted by Gasteiger charge is 2.07. The monoisotopic (exact) mass is 243 g/mol. The Kier molecular flexibility index (Phi) is 3.11. The number of anilines is 1. The van der Waals surface area contributed by atoms with Gasteiger partial charge < -0.3 is 10.5 Å². The highest BCUT2D eigenvalue weighted by molar-refractivity contribution is 5.48. The molecule has 0 atom stereocenters. The Bertz CT molecular complexity index is 635. The number of nitrogens with two attached hydrogens (primary N) is 1. The molecule has 0 amide bonds. The van der Waals surface area contributed by atoms with E-state index in [0.29, 0.717) is 11.6 Å². The second kappa shape index (κ2) is 4.72. The van der Waals surface area contributed by atoms with Crippen LogP contribution in [0.15, 0.2) is 30.5 Å². The first-order valence-corrected chi connectivity index (χ1v) is 5.20. The molecule has 0 aliphatic rings. The second-order valence-electron chi connectivity index (χ2n) is 3.73. The van der Waals surface area contributed by atoms with Gasteiger partial charge in [0.15, 0.2) is 0 Å². The average molecular weight is 243 g/mol. The Morgan fingerprint density at radius 3 is 2.83 bits per heavy atom. The Morgan fingerprint density at radius 2 is 2.17 bits per heavy atom. The van der Waals surface area contributed by atoms with E-state index in [1.807, 2.05) is 13.0 Å². The lowest BCUT2D eigenvalue weighted by Gasteiger charge is -2.07. The van der Waals surface area contributed by atoms with Crippen LogP contribution in [0.1, 0.15) is 11.1 Å². The summed E-state index contributed by atoms with van der Waals surface area (Å²) in [5.74, 6) is 0.0840. The van der Waals surface area contributed by atoms with Crippen LogP contribution >= 0.6 is 0 Å². The standard InChI is InChI=1S/C13H10FN3O/c1-8-4-13(17-7-11(8)16)18-12-3-2-10(14)5-9(12)6-15/h2-5,7H,16H2,1H3. The number of benzene rings is 1. The van der Waals surface area contributed by atoms with E-state index in [4.69, 9.17) is 15.7 Å². The van der Waals surface area contributed by atoms with Crippen LogP contribution in [-0.2, 0) is 0 Å². The summed E-state index contributed by atoms with van der Waals surface area (Å²) in [6, 6.07) is 7.24. The fourth-order valence-corrected chi connectivity index (χ4v) is 1.39. The zero-order valence-electron chi connectivity index (χ0n) is 9.64. The first-order valence-electron chi connectivity index (χ1n) is 5.20. The van der Waals surface area contributed by atoms with Crippen molar-refractivity contribution in [2.24, 2.45) is 0 Å². The summed E-state index contributed by atoms with van der Waals surface area (Å²) in [5.41, 5.74) is 7.13.